The van der Waals surface area contributed by atoms with Crippen molar-refractivity contribution in [3.05, 3.63) is 70.2 Å². The first-order valence-electron chi connectivity index (χ1n) is 7.69. The van der Waals surface area contributed by atoms with E-state index in [4.69, 9.17) is 11.6 Å². The molecule has 142 valence electrons. The summed E-state index contributed by atoms with van der Waals surface area (Å²) < 4.78 is 54.7. The number of nitrogens with zero attached hydrogens (tertiary/aromatic N) is 1. The van der Waals surface area contributed by atoms with Crippen LogP contribution in [-0.4, -0.2) is 13.4 Å². The number of hydrogen-bond acceptors (Lipinski definition) is 5. The van der Waals surface area contributed by atoms with Crippen LogP contribution in [0.3, 0.4) is 0 Å². The Morgan fingerprint density at radius 1 is 1.22 bits per heavy atom. The van der Waals surface area contributed by atoms with Crippen molar-refractivity contribution < 1.29 is 17.2 Å². The topological polar surface area (TPSA) is 71.1 Å². The van der Waals surface area contributed by atoms with E-state index in [1.807, 2.05) is 0 Å². The Hall–Kier alpha value is -2.23. The minimum atomic E-state index is -4.18. The van der Waals surface area contributed by atoms with Crippen LogP contribution in [0, 0.1) is 11.6 Å². The van der Waals surface area contributed by atoms with Crippen molar-refractivity contribution in [3.8, 4) is 0 Å². The number of anilines is 2. The molecule has 0 saturated carbocycles. The molecule has 0 bridgehead atoms. The normalized spacial score (nSPS) is 12.6. The second-order valence-corrected chi connectivity index (χ2v) is 8.58. The molecule has 0 aliphatic heterocycles. The van der Waals surface area contributed by atoms with Gasteiger partial charge in [0.25, 0.3) is 10.0 Å². The van der Waals surface area contributed by atoms with Crippen LogP contribution in [0.4, 0.5) is 19.6 Å². The summed E-state index contributed by atoms with van der Waals surface area (Å²) in [7, 11) is -4.18. The van der Waals surface area contributed by atoms with Crippen LogP contribution in [0.15, 0.2) is 52.9 Å². The first-order chi connectivity index (χ1) is 12.8. The van der Waals surface area contributed by atoms with E-state index >= 15 is 0 Å². The standard InChI is InChI=1S/C17H14ClF2N3O2S2/c1-10(11-3-2-4-12(19)7-11)22-15-9-14(20)16(8-13(15)18)27(24,25)23-17-21-5-6-26-17/h2-10,22H,1H3,(H,21,23)/t10-/m0/s1. The molecule has 1 aromatic heterocycles. The summed E-state index contributed by atoms with van der Waals surface area (Å²) in [5, 5.41) is 4.67. The average Bonchev–Trinajstić information content (AvgIpc) is 3.09. The third-order valence-corrected chi connectivity index (χ3v) is 6.17. The maximum atomic E-state index is 14.5. The van der Waals surface area contributed by atoms with Gasteiger partial charge in [-0.25, -0.2) is 22.2 Å². The second kappa shape index (κ2) is 7.79. The number of nitrogens with one attached hydrogen (secondary N) is 2. The summed E-state index contributed by atoms with van der Waals surface area (Å²) in [5.41, 5.74) is 0.827. The van der Waals surface area contributed by atoms with Crippen molar-refractivity contribution in [1.29, 1.82) is 0 Å². The van der Waals surface area contributed by atoms with Gasteiger partial charge in [-0.1, -0.05) is 23.7 Å². The van der Waals surface area contributed by atoms with E-state index in [1.54, 1.807) is 24.4 Å². The molecule has 0 fully saturated rings. The number of halogens is 3. The Morgan fingerprint density at radius 3 is 2.67 bits per heavy atom. The van der Waals surface area contributed by atoms with Crippen molar-refractivity contribution in [2.24, 2.45) is 0 Å². The molecule has 5 nitrogen and oxygen atoms in total. The van der Waals surface area contributed by atoms with Crippen LogP contribution >= 0.6 is 22.9 Å². The van der Waals surface area contributed by atoms with E-state index < -0.39 is 26.6 Å². The molecule has 0 amide bonds. The van der Waals surface area contributed by atoms with E-state index in [-0.39, 0.29) is 21.9 Å². The van der Waals surface area contributed by atoms with Crippen molar-refractivity contribution in [3.63, 3.8) is 0 Å². The molecule has 1 atom stereocenters. The minimum absolute atomic E-state index is 0.0131. The predicted molar refractivity (Wildman–Crippen MR) is 103 cm³/mol. The van der Waals surface area contributed by atoms with E-state index in [9.17, 15) is 17.2 Å². The highest BCUT2D eigenvalue weighted by Gasteiger charge is 2.23. The zero-order valence-corrected chi connectivity index (χ0v) is 16.3. The molecule has 0 radical (unpaired) electrons. The molecule has 3 aromatic rings. The third-order valence-electron chi connectivity index (χ3n) is 3.69. The lowest BCUT2D eigenvalue weighted by atomic mass is 10.1. The summed E-state index contributed by atoms with van der Waals surface area (Å²) in [6, 6.07) is 7.57. The van der Waals surface area contributed by atoms with Gasteiger partial charge in [0, 0.05) is 17.6 Å². The molecule has 0 aliphatic rings. The van der Waals surface area contributed by atoms with Crippen LogP contribution in [0.2, 0.25) is 5.02 Å². The molecular weight excluding hydrogens is 416 g/mol. The second-order valence-electron chi connectivity index (χ2n) is 5.63. The summed E-state index contributed by atoms with van der Waals surface area (Å²) in [5.74, 6) is -1.37. The Morgan fingerprint density at radius 2 is 2.00 bits per heavy atom. The highest BCUT2D eigenvalue weighted by molar-refractivity contribution is 7.93. The average molecular weight is 430 g/mol. The molecule has 3 rings (SSSR count). The molecule has 0 unspecified atom stereocenters. The first kappa shape index (κ1) is 19.5. The maximum absolute atomic E-state index is 14.5. The Bertz CT molecular complexity index is 1060. The number of rotatable bonds is 6. The van der Waals surface area contributed by atoms with E-state index in [0.29, 0.717) is 5.56 Å². The minimum Gasteiger partial charge on any atom is -0.377 e. The largest absolute Gasteiger partial charge is 0.377 e. The van der Waals surface area contributed by atoms with Gasteiger partial charge in [-0.05, 0) is 36.8 Å². The Labute approximate surface area is 164 Å². The number of sulfonamides is 1. The van der Waals surface area contributed by atoms with Crippen LogP contribution in [0.5, 0.6) is 0 Å². The lowest BCUT2D eigenvalue weighted by Gasteiger charge is -2.18. The fraction of sp³-hybridized carbons (Fsp3) is 0.118. The molecular formula is C17H14ClF2N3O2S2. The summed E-state index contributed by atoms with van der Waals surface area (Å²) in [4.78, 5) is 3.22. The number of aromatic nitrogens is 1. The monoisotopic (exact) mass is 429 g/mol. The summed E-state index contributed by atoms with van der Waals surface area (Å²) in [6.45, 7) is 1.75. The number of benzene rings is 2. The van der Waals surface area contributed by atoms with Gasteiger partial charge in [0.05, 0.1) is 10.7 Å². The summed E-state index contributed by atoms with van der Waals surface area (Å²) >= 11 is 7.21. The van der Waals surface area contributed by atoms with Crippen LogP contribution in [0.25, 0.3) is 0 Å². The highest BCUT2D eigenvalue weighted by Crippen LogP contribution is 2.32. The van der Waals surface area contributed by atoms with Gasteiger partial charge in [-0.2, -0.15) is 0 Å². The van der Waals surface area contributed by atoms with Gasteiger partial charge in [0.1, 0.15) is 16.5 Å². The number of thiazole rings is 1. The van der Waals surface area contributed by atoms with Crippen molar-refractivity contribution in [2.75, 3.05) is 10.0 Å². The number of hydrogen-bond donors (Lipinski definition) is 2. The fourth-order valence-corrected chi connectivity index (χ4v) is 4.54. The van der Waals surface area contributed by atoms with Gasteiger partial charge < -0.3 is 5.32 Å². The van der Waals surface area contributed by atoms with Crippen molar-refractivity contribution in [2.45, 2.75) is 17.9 Å². The van der Waals surface area contributed by atoms with E-state index in [0.717, 1.165) is 23.5 Å². The maximum Gasteiger partial charge on any atom is 0.266 e. The van der Waals surface area contributed by atoms with E-state index in [2.05, 4.69) is 15.0 Å². The molecule has 2 N–H and O–H groups in total. The van der Waals surface area contributed by atoms with Gasteiger partial charge >= 0.3 is 0 Å². The molecule has 0 spiro atoms. The zero-order chi connectivity index (χ0) is 19.6. The molecule has 0 saturated heterocycles. The predicted octanol–water partition coefficient (Wildman–Crippen LogP) is 5.05. The first-order valence-corrected chi connectivity index (χ1v) is 10.4. The highest BCUT2D eigenvalue weighted by atomic mass is 35.5. The van der Waals surface area contributed by atoms with E-state index in [1.165, 1.54) is 18.3 Å². The van der Waals surface area contributed by atoms with Crippen LogP contribution < -0.4 is 10.0 Å². The lowest BCUT2D eigenvalue weighted by Crippen LogP contribution is -2.15. The Kier molecular flexibility index (Phi) is 5.64. The van der Waals surface area contributed by atoms with Crippen molar-refractivity contribution >= 4 is 43.8 Å². The van der Waals surface area contributed by atoms with Gasteiger partial charge in [0.15, 0.2) is 5.13 Å². The van der Waals surface area contributed by atoms with Gasteiger partial charge in [-0.3, -0.25) is 4.72 Å². The molecule has 27 heavy (non-hydrogen) atoms. The smallest absolute Gasteiger partial charge is 0.266 e. The van der Waals surface area contributed by atoms with Crippen LogP contribution in [0.1, 0.15) is 18.5 Å². The SMILES string of the molecule is C[C@H](Nc1cc(F)c(S(=O)(=O)Nc2nccs2)cc1Cl)c1cccc(F)c1. The quantitative estimate of drug-likeness (QED) is 0.575. The third kappa shape index (κ3) is 4.55. The van der Waals surface area contributed by atoms with Crippen molar-refractivity contribution in [1.82, 2.24) is 4.98 Å². The molecule has 10 heteroatoms. The molecule has 1 heterocycles. The molecule has 2 aromatic carbocycles. The van der Waals surface area contributed by atoms with Crippen LogP contribution in [-0.2, 0) is 10.0 Å². The molecule has 0 aliphatic carbocycles. The zero-order valence-electron chi connectivity index (χ0n) is 13.9. The Balaban J connectivity index is 1.86. The van der Waals surface area contributed by atoms with Gasteiger partial charge in [-0.15, -0.1) is 11.3 Å². The lowest BCUT2D eigenvalue weighted by molar-refractivity contribution is 0.570. The summed E-state index contributed by atoms with van der Waals surface area (Å²) in [6.07, 6.45) is 1.42. The fourth-order valence-electron chi connectivity index (χ4n) is 2.38. The van der Waals surface area contributed by atoms with Gasteiger partial charge in [0.2, 0.25) is 0 Å².